The number of aryl methyl sites for hydroxylation is 10. The Kier molecular flexibility index (Phi) is 22.6. The number of fused-ring (bicyclic) bond motifs is 10. The number of anilines is 2. The Hall–Kier alpha value is -11.0. The molecule has 0 bridgehead atoms. The van der Waals surface area contributed by atoms with E-state index in [0.29, 0.717) is 11.4 Å². The highest BCUT2D eigenvalue weighted by molar-refractivity contribution is 7.92. The van der Waals surface area contributed by atoms with Crippen LogP contribution in [0.4, 0.5) is 11.4 Å². The van der Waals surface area contributed by atoms with E-state index in [4.69, 9.17) is 18.6 Å². The van der Waals surface area contributed by atoms with Crippen molar-refractivity contribution in [2.24, 2.45) is 0 Å². The van der Waals surface area contributed by atoms with Gasteiger partial charge in [0, 0.05) is 115 Å². The van der Waals surface area contributed by atoms with Crippen LogP contribution in [0.2, 0.25) is 0 Å². The van der Waals surface area contributed by atoms with Crippen molar-refractivity contribution < 1.29 is 40.2 Å². The first kappa shape index (κ1) is 79.3. The molecule has 12 heterocycles. The van der Waals surface area contributed by atoms with Gasteiger partial charge >= 0.3 is 14.2 Å². The van der Waals surface area contributed by atoms with Gasteiger partial charge in [-0.3, -0.25) is 14.2 Å². The molecule has 586 valence electrons. The third-order valence-electron chi connectivity index (χ3n) is 23.2. The molecule has 2 N–H and O–H groups in total. The normalized spacial score (nSPS) is 18.3. The van der Waals surface area contributed by atoms with Crippen LogP contribution in [-0.4, -0.2) is 94.6 Å². The molecule has 16 nitrogen and oxygen atoms in total. The second-order valence-electron chi connectivity index (χ2n) is 32.3. The standard InChI is InChI=1S/2C21H20N2O2S.2C20H24BNO2.C13H11NO/c2*1-26(24,25)22-18-8-4-6-16(14-18)15-20-19-9-3-2-7-17(19)11-13-23-12-5-10-21(20)23;2*1-19(2)20(3,4)24-21(23-19)14-17-16-9-6-5-8-15(16)11-13-22-12-7-10-18(17)22;15-13-11-5-2-1-4-10(11)7-9-14-8-3-6-12(13)14/h2*2-10,12,14-15,22H,11,13H2,1H3;2*5-10,12,14H,11,13H2,1-4H3;1-6,8H,7,9H2/b20-15+;20-15-;17-14+;17-14-;. The highest BCUT2D eigenvalue weighted by Gasteiger charge is 2.52. The lowest BCUT2D eigenvalue weighted by molar-refractivity contribution is 0.00578. The summed E-state index contributed by atoms with van der Waals surface area (Å²) in [6, 6.07) is 77.9. The number of hydrogen-bond donors (Lipinski definition) is 2. The number of sulfonamides is 2. The second kappa shape index (κ2) is 32.7. The summed E-state index contributed by atoms with van der Waals surface area (Å²) < 4.78 is 87.1. The van der Waals surface area contributed by atoms with Crippen LogP contribution in [0.5, 0.6) is 0 Å². The van der Waals surface area contributed by atoms with E-state index in [9.17, 15) is 21.6 Å². The summed E-state index contributed by atoms with van der Waals surface area (Å²) in [5.41, 5.74) is 24.6. The van der Waals surface area contributed by atoms with Gasteiger partial charge in [0.25, 0.3) is 0 Å². The van der Waals surface area contributed by atoms with Crippen LogP contribution < -0.4 is 9.44 Å². The molecular formula is C95H99B2N7O9S2. The van der Waals surface area contributed by atoms with Gasteiger partial charge in [-0.05, 0) is 269 Å². The van der Waals surface area contributed by atoms with Crippen molar-refractivity contribution in [2.45, 2.75) is 143 Å². The van der Waals surface area contributed by atoms with Gasteiger partial charge in [-0.15, -0.1) is 0 Å². The van der Waals surface area contributed by atoms with Gasteiger partial charge in [0.1, 0.15) is 0 Å². The van der Waals surface area contributed by atoms with Crippen LogP contribution in [0.3, 0.4) is 0 Å². The van der Waals surface area contributed by atoms with Crippen LogP contribution >= 0.6 is 0 Å². The lowest BCUT2D eigenvalue weighted by Crippen LogP contribution is -2.41. The summed E-state index contributed by atoms with van der Waals surface area (Å²) >= 11 is 0. The molecule has 2 fully saturated rings. The zero-order chi connectivity index (χ0) is 80.4. The fourth-order valence-corrected chi connectivity index (χ4v) is 17.2. The molecule has 20 heteroatoms. The van der Waals surface area contributed by atoms with E-state index < -0.39 is 20.0 Å². The van der Waals surface area contributed by atoms with Gasteiger partial charge in [-0.1, -0.05) is 146 Å². The number of benzene rings is 7. The number of hydrogen-bond acceptors (Lipinski definition) is 9. The van der Waals surface area contributed by atoms with Crippen LogP contribution in [0.1, 0.15) is 155 Å². The minimum absolute atomic E-state index is 0.146. The van der Waals surface area contributed by atoms with Gasteiger partial charge in [0.15, 0.2) is 0 Å². The third kappa shape index (κ3) is 17.8. The van der Waals surface area contributed by atoms with Crippen LogP contribution in [0, 0.1) is 0 Å². The first-order chi connectivity index (χ1) is 55.1. The van der Waals surface area contributed by atoms with E-state index in [0.717, 1.165) is 116 Å². The van der Waals surface area contributed by atoms with Gasteiger partial charge in [-0.25, -0.2) is 16.8 Å². The first-order valence-corrected chi connectivity index (χ1v) is 43.4. The van der Waals surface area contributed by atoms with Crippen LogP contribution in [-0.2, 0) is 103 Å². The Morgan fingerprint density at radius 1 is 0.322 bits per heavy atom. The van der Waals surface area contributed by atoms with Crippen molar-refractivity contribution in [3.05, 3.63) is 369 Å². The molecular weight excluding hydrogens is 1470 g/mol. The highest BCUT2D eigenvalue weighted by Crippen LogP contribution is 2.43. The summed E-state index contributed by atoms with van der Waals surface area (Å²) in [5, 5.41) is 0. The van der Waals surface area contributed by atoms with Crippen molar-refractivity contribution in [1.29, 1.82) is 0 Å². The summed E-state index contributed by atoms with van der Waals surface area (Å²) in [7, 11) is -7.26. The van der Waals surface area contributed by atoms with Gasteiger partial charge < -0.3 is 41.5 Å². The molecule has 19 rings (SSSR count). The maximum atomic E-state index is 12.2. The van der Waals surface area contributed by atoms with Crippen molar-refractivity contribution in [3.8, 4) is 0 Å². The number of ketones is 1. The minimum Gasteiger partial charge on any atom is -0.400 e. The molecule has 0 spiro atoms. The zero-order valence-electron chi connectivity index (χ0n) is 67.1. The van der Waals surface area contributed by atoms with E-state index in [1.165, 1.54) is 78.4 Å². The topological polar surface area (TPSA) is 171 Å². The largest absolute Gasteiger partial charge is 0.487 e. The predicted molar refractivity (Wildman–Crippen MR) is 466 cm³/mol. The Morgan fingerprint density at radius 2 is 0.583 bits per heavy atom. The van der Waals surface area contributed by atoms with E-state index >= 15 is 0 Å². The Balaban J connectivity index is 0.000000114. The van der Waals surface area contributed by atoms with Gasteiger partial charge in [0.2, 0.25) is 25.8 Å². The molecule has 0 atom stereocenters. The van der Waals surface area contributed by atoms with E-state index in [-0.39, 0.29) is 42.4 Å². The molecule has 0 aliphatic carbocycles. The Labute approximate surface area is 677 Å². The van der Waals surface area contributed by atoms with Gasteiger partial charge in [-0.2, -0.15) is 0 Å². The van der Waals surface area contributed by atoms with E-state index in [1.54, 1.807) is 12.1 Å². The Morgan fingerprint density at radius 3 is 0.896 bits per heavy atom. The average Bonchev–Trinajstić information content (AvgIpc) is 1.64. The Bertz CT molecular complexity index is 5640. The maximum Gasteiger partial charge on any atom is 0.487 e. The van der Waals surface area contributed by atoms with Crippen LogP contribution in [0.25, 0.3) is 34.4 Å². The molecule has 5 aromatic heterocycles. The fourth-order valence-electron chi connectivity index (χ4n) is 16.1. The number of carbonyl (C=O) groups excluding carboxylic acids is 1. The summed E-state index contributed by atoms with van der Waals surface area (Å²) in [6.45, 7) is 21.5. The number of nitrogens with zero attached hydrogens (tertiary/aromatic N) is 5. The molecule has 0 amide bonds. The fraction of sp³-hybridized carbons (Fsp3) is 0.253. The average molecular weight is 1570 g/mol. The molecule has 7 aliphatic heterocycles. The number of nitrogens with one attached hydrogen (secondary N) is 2. The monoisotopic (exact) mass is 1570 g/mol. The third-order valence-corrected chi connectivity index (χ3v) is 24.4. The SMILES string of the molecule is CC1(C)OB(/C=C2/c3ccccc3CCn3cccc32)OC1(C)C.CC1(C)OB(/C=C2\c3ccccc3CCn3cccc32)OC1(C)C.CS(=O)(=O)Nc1cccc(/C=C2/c3ccccc3CCn3cccc32)c1.CS(=O)(=O)Nc1cccc(/C=C2\c3ccccc3CCn3cccc32)c1.O=C1c2ccccc2CCn2cccc21. The minimum atomic E-state index is -3.30. The number of rotatable bonds is 8. The summed E-state index contributed by atoms with van der Waals surface area (Å²) in [6.07, 6.45) is 22.1. The molecule has 0 saturated carbocycles. The number of aromatic nitrogens is 5. The quantitative estimate of drug-likeness (QED) is 0.141. The molecule has 0 unspecified atom stereocenters. The van der Waals surface area contributed by atoms with Crippen molar-refractivity contribution in [1.82, 2.24) is 22.8 Å². The van der Waals surface area contributed by atoms with E-state index in [1.807, 2.05) is 83.6 Å². The molecule has 2 saturated heterocycles. The van der Waals surface area contributed by atoms with Crippen molar-refractivity contribution >= 4 is 85.9 Å². The lowest BCUT2D eigenvalue weighted by atomic mass is 9.83. The molecule has 7 aromatic carbocycles. The zero-order valence-corrected chi connectivity index (χ0v) is 68.7. The van der Waals surface area contributed by atoms with Crippen molar-refractivity contribution in [3.63, 3.8) is 0 Å². The first-order valence-electron chi connectivity index (χ1n) is 39.6. The molecule has 7 aliphatic rings. The second-order valence-corrected chi connectivity index (χ2v) is 35.8. The molecule has 12 aromatic rings. The smallest absolute Gasteiger partial charge is 0.400 e. The maximum absolute atomic E-state index is 12.2. The molecule has 115 heavy (non-hydrogen) atoms. The van der Waals surface area contributed by atoms with Gasteiger partial charge in [0.05, 0.1) is 40.6 Å². The molecule has 0 radical (unpaired) electrons. The summed E-state index contributed by atoms with van der Waals surface area (Å²) in [4.78, 5) is 12.2. The summed E-state index contributed by atoms with van der Waals surface area (Å²) in [5.74, 6) is 4.44. The predicted octanol–water partition coefficient (Wildman–Crippen LogP) is 18.5. The van der Waals surface area contributed by atoms with E-state index in [2.05, 4.69) is 278 Å². The van der Waals surface area contributed by atoms with Crippen molar-refractivity contribution in [2.75, 3.05) is 22.0 Å². The van der Waals surface area contributed by atoms with Crippen LogP contribution in [0.15, 0.2) is 273 Å². The lowest BCUT2D eigenvalue weighted by Gasteiger charge is -2.32. The number of carbonyl (C=O) groups is 1. The highest BCUT2D eigenvalue weighted by atomic mass is 32.2.